The van der Waals surface area contributed by atoms with Gasteiger partial charge in [0.05, 0.1) is 16.8 Å². The molecule has 1 aromatic heterocycles. The summed E-state index contributed by atoms with van der Waals surface area (Å²) in [4.78, 5) is 60.9. The summed E-state index contributed by atoms with van der Waals surface area (Å²) in [7, 11) is 0. The van der Waals surface area contributed by atoms with Crippen molar-refractivity contribution in [2.24, 2.45) is 0 Å². The number of aromatic nitrogens is 2. The van der Waals surface area contributed by atoms with Crippen LogP contribution in [-0.2, 0) is 19.2 Å². The number of imidazole rings is 1. The molecule has 2 aromatic rings. The molecule has 1 saturated carbocycles. The van der Waals surface area contributed by atoms with E-state index in [1.807, 2.05) is 29.2 Å². The summed E-state index contributed by atoms with van der Waals surface area (Å²) in [5.41, 5.74) is 2.64. The van der Waals surface area contributed by atoms with Gasteiger partial charge in [0.15, 0.2) is 5.16 Å². The van der Waals surface area contributed by atoms with E-state index in [1.54, 1.807) is 6.08 Å². The van der Waals surface area contributed by atoms with Gasteiger partial charge in [-0.2, -0.15) is 0 Å². The molecule has 6 rings (SSSR count). The third-order valence-electron chi connectivity index (χ3n) is 6.72. The number of rotatable bonds is 7. The first-order chi connectivity index (χ1) is 17.4. The molecule has 37 heavy (non-hydrogen) atoms. The van der Waals surface area contributed by atoms with Crippen molar-refractivity contribution in [3.63, 3.8) is 0 Å². The maximum absolute atomic E-state index is 12.9. The third-order valence-corrected chi connectivity index (χ3v) is 8.89. The normalized spacial score (nSPS) is 24.3. The number of carboxylic acids is 1. The number of benzene rings is 1. The Balaban J connectivity index is 0.00000280. The van der Waals surface area contributed by atoms with Crippen LogP contribution in [0, 0.1) is 0 Å². The molecule has 13 heteroatoms. The first-order valence-corrected chi connectivity index (χ1v) is 13.7. The van der Waals surface area contributed by atoms with E-state index in [1.165, 1.54) is 28.4 Å². The Hall–Kier alpha value is -2.25. The number of carboxylic acid groups (broad SMARTS) is 1. The molecule has 0 spiro atoms. The van der Waals surface area contributed by atoms with Gasteiger partial charge in [0.1, 0.15) is 17.1 Å². The molecule has 2 atom stereocenters. The molecule has 187 valence electrons. The van der Waals surface area contributed by atoms with Crippen LogP contribution < -0.4 is 5.32 Å². The van der Waals surface area contributed by atoms with Gasteiger partial charge in [-0.1, -0.05) is 23.9 Å². The number of nitrogens with one attached hydrogen (secondary N) is 2. The van der Waals surface area contributed by atoms with Crippen molar-refractivity contribution in [1.29, 1.82) is 0 Å². The number of amides is 3. The molecule has 0 unspecified atom stereocenters. The van der Waals surface area contributed by atoms with Crippen LogP contribution in [-0.4, -0.2) is 114 Å². The number of carbonyl (C=O) groups is 4. The summed E-state index contributed by atoms with van der Waals surface area (Å²) < 4.78 is 0. The first kappa shape index (κ1) is 26.4. The minimum Gasteiger partial charge on any atom is -0.477 e. The van der Waals surface area contributed by atoms with Crippen LogP contribution in [0.2, 0.25) is 0 Å². The smallest absolute Gasteiger partial charge is 0.352 e. The largest absolute Gasteiger partial charge is 0.477 e. The molecular formula is C24H23N5NaO5S2. The van der Waals surface area contributed by atoms with Gasteiger partial charge in [0.2, 0.25) is 11.8 Å². The van der Waals surface area contributed by atoms with Crippen LogP contribution in [0.5, 0.6) is 0 Å². The van der Waals surface area contributed by atoms with Gasteiger partial charge in [0.25, 0.3) is 5.91 Å². The summed E-state index contributed by atoms with van der Waals surface area (Å²) in [5, 5.41) is 12.7. The number of hydrogen-bond acceptors (Lipinski definition) is 7. The van der Waals surface area contributed by atoms with Gasteiger partial charge in [-0.3, -0.25) is 19.3 Å². The first-order valence-electron chi connectivity index (χ1n) is 11.7. The zero-order valence-electron chi connectivity index (χ0n) is 20.1. The maximum atomic E-state index is 12.9. The van der Waals surface area contributed by atoms with Crippen molar-refractivity contribution >= 4 is 87.8 Å². The molecule has 1 radical (unpaired) electrons. The number of para-hydroxylation sites is 2. The molecule has 3 fully saturated rings. The molecule has 3 amide bonds. The second-order valence-corrected chi connectivity index (χ2v) is 11.2. The molecule has 0 bridgehead atoms. The molecule has 4 heterocycles. The fourth-order valence-corrected chi connectivity index (χ4v) is 6.82. The maximum Gasteiger partial charge on any atom is 0.352 e. The average molecular weight is 549 g/mol. The van der Waals surface area contributed by atoms with E-state index in [2.05, 4.69) is 15.3 Å². The van der Waals surface area contributed by atoms with E-state index in [0.29, 0.717) is 41.1 Å². The molecule has 3 aliphatic heterocycles. The van der Waals surface area contributed by atoms with E-state index in [4.69, 9.17) is 0 Å². The van der Waals surface area contributed by atoms with E-state index < -0.39 is 23.3 Å². The van der Waals surface area contributed by atoms with Crippen LogP contribution in [0.4, 0.5) is 0 Å². The number of aliphatic carboxylic acids is 1. The number of fused-ring (bicyclic) bond motifs is 2. The van der Waals surface area contributed by atoms with Crippen LogP contribution in [0.3, 0.4) is 0 Å². The fraction of sp³-hybridized carbons (Fsp3) is 0.375. The van der Waals surface area contributed by atoms with Gasteiger partial charge < -0.3 is 20.3 Å². The Bertz CT molecular complexity index is 1340. The van der Waals surface area contributed by atoms with Crippen LogP contribution >= 0.6 is 23.5 Å². The van der Waals surface area contributed by atoms with Crippen molar-refractivity contribution in [1.82, 2.24) is 25.1 Å². The van der Waals surface area contributed by atoms with Gasteiger partial charge >= 0.3 is 5.97 Å². The molecule has 1 aromatic carbocycles. The van der Waals surface area contributed by atoms with E-state index in [0.717, 1.165) is 23.9 Å². The van der Waals surface area contributed by atoms with Crippen LogP contribution in [0.25, 0.3) is 11.0 Å². The summed E-state index contributed by atoms with van der Waals surface area (Å²) in [5.74, 6) is -1.63. The van der Waals surface area contributed by atoms with Crippen LogP contribution in [0.1, 0.15) is 19.3 Å². The summed E-state index contributed by atoms with van der Waals surface area (Å²) in [6, 6.07) is 7.08. The van der Waals surface area contributed by atoms with Crippen molar-refractivity contribution in [3.05, 3.63) is 47.2 Å². The monoisotopic (exact) mass is 548 g/mol. The number of aromatic amines is 1. The van der Waals surface area contributed by atoms with Crippen molar-refractivity contribution < 1.29 is 24.3 Å². The second-order valence-electron chi connectivity index (χ2n) is 9.13. The zero-order chi connectivity index (χ0) is 25.0. The van der Waals surface area contributed by atoms with Crippen LogP contribution in [0.15, 0.2) is 52.3 Å². The predicted octanol–water partition coefficient (Wildman–Crippen LogP) is 1.33. The molecular weight excluding hydrogens is 525 g/mol. The topological polar surface area (TPSA) is 136 Å². The quantitative estimate of drug-likeness (QED) is 0.204. The summed E-state index contributed by atoms with van der Waals surface area (Å²) in [6.07, 6.45) is 4.27. The molecule has 4 aliphatic rings. The summed E-state index contributed by atoms with van der Waals surface area (Å²) in [6.45, 7) is 0.656. The Morgan fingerprint density at radius 1 is 1.27 bits per heavy atom. The van der Waals surface area contributed by atoms with Crippen molar-refractivity contribution in [2.45, 2.75) is 41.9 Å². The third kappa shape index (κ3) is 4.97. The Morgan fingerprint density at radius 2 is 2.05 bits per heavy atom. The average Bonchev–Trinajstić information content (AvgIpc) is 3.52. The molecule has 2 saturated heterocycles. The number of carbonyl (C=O) groups excluding carboxylic acids is 3. The predicted molar refractivity (Wildman–Crippen MR) is 140 cm³/mol. The fourth-order valence-electron chi connectivity index (χ4n) is 4.81. The number of nitrogens with zero attached hydrogens (tertiary/aromatic N) is 3. The van der Waals surface area contributed by atoms with Gasteiger partial charge in [-0.25, -0.2) is 9.78 Å². The molecule has 10 nitrogen and oxygen atoms in total. The van der Waals surface area contributed by atoms with Gasteiger partial charge in [-0.15, -0.1) is 11.8 Å². The number of likely N-dealkylation sites (tertiary alicyclic amines) is 1. The zero-order valence-corrected chi connectivity index (χ0v) is 23.7. The van der Waals surface area contributed by atoms with Crippen molar-refractivity contribution in [2.75, 3.05) is 18.1 Å². The molecule has 1 aliphatic carbocycles. The number of allylic oxidation sites excluding steroid dienone is 1. The minimum atomic E-state index is -1.21. The van der Waals surface area contributed by atoms with E-state index in [9.17, 15) is 24.3 Å². The van der Waals surface area contributed by atoms with Gasteiger partial charge in [0, 0.05) is 53.5 Å². The Labute approximate surface area is 243 Å². The Morgan fingerprint density at radius 3 is 2.78 bits per heavy atom. The standard InChI is InChI=1S/C24H23N5O5S2.Na/c30-17(11-36-24-25-15-3-1-2-4-16(15)26-24)27-18-21(32)29-19(23(33)34)13(10-35-22(18)29)9-12-7-8-28(20(12)31)14-5-6-14;/h1-4,9,14,18,22H,5-8,10-11H2,(H,25,26)(H,27,30)(H,33,34);/t18-,22-;/m1./s1. The summed E-state index contributed by atoms with van der Waals surface area (Å²) >= 11 is 2.63. The second kappa shape index (κ2) is 10.5. The SMILES string of the molecule is O=C(CSc1nc2ccccc2[nH]1)N[C@@H]1C(=O)N2C(C(=O)O)=C(C=C3CCN(C4CC4)C3=O)CS[C@H]12.[Na]. The van der Waals surface area contributed by atoms with Crippen molar-refractivity contribution in [3.8, 4) is 0 Å². The number of β-lactam (4-membered cyclic amide) rings is 1. The minimum absolute atomic E-state index is 0. The Kier molecular flexibility index (Phi) is 7.47. The number of hydrogen-bond donors (Lipinski definition) is 3. The number of H-pyrrole nitrogens is 1. The van der Waals surface area contributed by atoms with E-state index >= 15 is 0 Å². The molecule has 3 N–H and O–H groups in total. The van der Waals surface area contributed by atoms with Gasteiger partial charge in [-0.05, 0) is 43.0 Å². The number of thioether (sulfide) groups is 2. The van der Waals surface area contributed by atoms with E-state index in [-0.39, 0.29) is 52.8 Å².